The van der Waals surface area contributed by atoms with Gasteiger partial charge < -0.3 is 19.4 Å². The van der Waals surface area contributed by atoms with Crippen LogP contribution in [0.15, 0.2) is 58.3 Å². The van der Waals surface area contributed by atoms with Gasteiger partial charge in [0.2, 0.25) is 11.8 Å². The largest absolute Gasteiger partial charge is 0.427 e. The molecule has 42 heavy (non-hydrogen) atoms. The summed E-state index contributed by atoms with van der Waals surface area (Å²) in [4.78, 5) is 44.2. The minimum atomic E-state index is -3.34. The summed E-state index contributed by atoms with van der Waals surface area (Å²) in [5.41, 5.74) is 0.714. The van der Waals surface area contributed by atoms with Crippen LogP contribution in [0, 0.1) is 5.92 Å². The number of hydrogen-bond donors (Lipinski definition) is 0. The summed E-state index contributed by atoms with van der Waals surface area (Å²) in [6, 6.07) is 11.8. The van der Waals surface area contributed by atoms with Gasteiger partial charge >= 0.3 is 5.97 Å². The highest BCUT2D eigenvalue weighted by atomic mass is 32.2. The third kappa shape index (κ3) is 8.39. The predicted octanol–water partition coefficient (Wildman–Crippen LogP) is 1.41. The second-order valence-electron chi connectivity index (χ2n) is 11.1. The Kier molecular flexibility index (Phi) is 9.74. The fourth-order valence-electron chi connectivity index (χ4n) is 5.46. The molecule has 0 aliphatic carbocycles. The summed E-state index contributed by atoms with van der Waals surface area (Å²) >= 11 is 0. The number of benzene rings is 2. The maximum Gasteiger partial charge on any atom is 0.311 e. The number of rotatable bonds is 9. The molecule has 11 nitrogen and oxygen atoms in total. The molecule has 0 radical (unpaired) electrons. The SMILES string of the molecule is CC(=O)N1CCN(C(=O)Cc2ccc(S(C)(=O)=O)cc2)C(CN2CCC(CC(=O)Oc3ccc(S(C)(=O)=O)cc3)C2)C1. The lowest BCUT2D eigenvalue weighted by Gasteiger charge is -2.42. The van der Waals surface area contributed by atoms with Gasteiger partial charge in [-0.2, -0.15) is 0 Å². The molecule has 2 aromatic carbocycles. The van der Waals surface area contributed by atoms with Crippen LogP contribution in [0.1, 0.15) is 25.3 Å². The maximum atomic E-state index is 13.4. The van der Waals surface area contributed by atoms with E-state index in [1.165, 1.54) is 43.3 Å². The Balaban J connectivity index is 1.34. The van der Waals surface area contributed by atoms with E-state index in [2.05, 4.69) is 4.90 Å². The van der Waals surface area contributed by atoms with Gasteiger partial charge in [0.25, 0.3) is 0 Å². The number of nitrogens with zero attached hydrogens (tertiary/aromatic N) is 3. The van der Waals surface area contributed by atoms with Crippen molar-refractivity contribution >= 4 is 37.5 Å². The van der Waals surface area contributed by atoms with Gasteiger partial charge in [0.05, 0.1) is 28.7 Å². The van der Waals surface area contributed by atoms with Crippen molar-refractivity contribution in [3.05, 3.63) is 54.1 Å². The van der Waals surface area contributed by atoms with Crippen LogP contribution < -0.4 is 4.74 Å². The van der Waals surface area contributed by atoms with E-state index in [0.29, 0.717) is 38.3 Å². The van der Waals surface area contributed by atoms with E-state index < -0.39 is 25.6 Å². The molecule has 0 saturated carbocycles. The molecular weight excluding hydrogens is 582 g/mol. The lowest BCUT2D eigenvalue weighted by molar-refractivity contribution is -0.142. The van der Waals surface area contributed by atoms with E-state index in [0.717, 1.165) is 25.5 Å². The highest BCUT2D eigenvalue weighted by Crippen LogP contribution is 2.24. The van der Waals surface area contributed by atoms with Crippen LogP contribution in [-0.4, -0.2) is 107 Å². The quantitative estimate of drug-likeness (QED) is 0.301. The van der Waals surface area contributed by atoms with Gasteiger partial charge in [-0.05, 0) is 60.8 Å². The number of carbonyl (C=O) groups excluding carboxylic acids is 3. The Hall–Kier alpha value is -3.29. The van der Waals surface area contributed by atoms with Gasteiger partial charge in [0.1, 0.15) is 5.75 Å². The van der Waals surface area contributed by atoms with Crippen molar-refractivity contribution in [2.24, 2.45) is 5.92 Å². The first kappa shape index (κ1) is 31.6. The summed E-state index contributed by atoms with van der Waals surface area (Å²) in [6.07, 6.45) is 3.37. The van der Waals surface area contributed by atoms with Crippen LogP contribution in [0.5, 0.6) is 5.75 Å². The Bertz CT molecular complexity index is 1520. The third-order valence-corrected chi connectivity index (χ3v) is 9.99. The summed E-state index contributed by atoms with van der Waals surface area (Å²) in [5.74, 6) is -0.175. The average molecular weight is 620 g/mol. The Morgan fingerprint density at radius 3 is 2.00 bits per heavy atom. The van der Waals surface area contributed by atoms with Crippen LogP contribution in [0.2, 0.25) is 0 Å². The second kappa shape index (κ2) is 12.9. The number of ether oxygens (including phenoxy) is 1. The first-order valence-corrected chi connectivity index (χ1v) is 17.5. The minimum Gasteiger partial charge on any atom is -0.427 e. The van der Waals surface area contributed by atoms with Gasteiger partial charge in [0.15, 0.2) is 19.7 Å². The van der Waals surface area contributed by atoms with Crippen molar-refractivity contribution in [3.8, 4) is 5.75 Å². The molecule has 2 unspecified atom stereocenters. The van der Waals surface area contributed by atoms with Crippen molar-refractivity contribution in [1.82, 2.24) is 14.7 Å². The number of amides is 2. The van der Waals surface area contributed by atoms with Crippen molar-refractivity contribution in [2.75, 3.05) is 51.8 Å². The summed E-state index contributed by atoms with van der Waals surface area (Å²) < 4.78 is 52.2. The molecule has 2 saturated heterocycles. The summed E-state index contributed by atoms with van der Waals surface area (Å²) in [6.45, 7) is 4.74. The smallest absolute Gasteiger partial charge is 0.311 e. The van der Waals surface area contributed by atoms with Gasteiger partial charge in [-0.1, -0.05) is 12.1 Å². The molecule has 0 aromatic heterocycles. The zero-order chi connectivity index (χ0) is 30.7. The molecule has 2 atom stereocenters. The number of piperazine rings is 1. The van der Waals surface area contributed by atoms with E-state index in [9.17, 15) is 31.2 Å². The molecule has 2 amide bonds. The Morgan fingerprint density at radius 2 is 1.43 bits per heavy atom. The maximum absolute atomic E-state index is 13.4. The molecule has 2 aliphatic rings. The Labute approximate surface area is 247 Å². The number of carbonyl (C=O) groups is 3. The molecule has 2 heterocycles. The lowest BCUT2D eigenvalue weighted by Crippen LogP contribution is -2.59. The highest BCUT2D eigenvalue weighted by molar-refractivity contribution is 7.91. The predicted molar refractivity (Wildman–Crippen MR) is 155 cm³/mol. The van der Waals surface area contributed by atoms with Gasteiger partial charge in [0, 0.05) is 52.2 Å². The minimum absolute atomic E-state index is 0.0462. The van der Waals surface area contributed by atoms with Crippen LogP contribution in [0.4, 0.5) is 0 Å². The van der Waals surface area contributed by atoms with E-state index >= 15 is 0 Å². The molecule has 4 rings (SSSR count). The normalized spacial score (nSPS) is 20.0. The number of esters is 1. The molecule has 0 spiro atoms. The van der Waals surface area contributed by atoms with E-state index in [4.69, 9.17) is 4.74 Å². The number of hydrogen-bond acceptors (Lipinski definition) is 9. The fraction of sp³-hybridized carbons (Fsp3) is 0.483. The van der Waals surface area contributed by atoms with Gasteiger partial charge in [-0.3, -0.25) is 14.4 Å². The monoisotopic (exact) mass is 619 g/mol. The fourth-order valence-corrected chi connectivity index (χ4v) is 6.72. The van der Waals surface area contributed by atoms with Crippen LogP contribution in [0.3, 0.4) is 0 Å². The standard InChI is InChI=1S/C29H37N3O8S2/c1-21(33)31-14-15-32(28(34)16-22-4-8-26(9-5-22)41(2,36)37)24(20-31)19-30-13-12-23(18-30)17-29(35)40-25-6-10-27(11-7-25)42(3,38)39/h4-11,23-24H,12-20H2,1-3H3. The molecule has 0 N–H and O–H groups in total. The highest BCUT2D eigenvalue weighted by Gasteiger charge is 2.35. The van der Waals surface area contributed by atoms with Crippen LogP contribution >= 0.6 is 0 Å². The number of sulfone groups is 2. The third-order valence-electron chi connectivity index (χ3n) is 7.73. The van der Waals surface area contributed by atoms with Crippen molar-refractivity contribution < 1.29 is 36.0 Å². The molecular formula is C29H37N3O8S2. The lowest BCUT2D eigenvalue weighted by atomic mass is 10.1. The molecule has 2 aromatic rings. The van der Waals surface area contributed by atoms with Crippen LogP contribution in [-0.2, 0) is 40.5 Å². The molecule has 13 heteroatoms. The summed E-state index contributed by atoms with van der Waals surface area (Å²) in [5, 5.41) is 0. The molecule has 2 aliphatic heterocycles. The van der Waals surface area contributed by atoms with Crippen LogP contribution in [0.25, 0.3) is 0 Å². The van der Waals surface area contributed by atoms with E-state index in [1.807, 2.05) is 4.90 Å². The average Bonchev–Trinajstić information content (AvgIpc) is 3.34. The Morgan fingerprint density at radius 1 is 0.833 bits per heavy atom. The number of likely N-dealkylation sites (tertiary alicyclic amines) is 1. The first-order chi connectivity index (χ1) is 19.7. The second-order valence-corrected chi connectivity index (χ2v) is 15.2. The molecule has 2 fully saturated rings. The van der Waals surface area contributed by atoms with Gasteiger partial charge in [-0.15, -0.1) is 0 Å². The first-order valence-electron chi connectivity index (χ1n) is 13.8. The van der Waals surface area contributed by atoms with Crippen molar-refractivity contribution in [1.29, 1.82) is 0 Å². The topological polar surface area (TPSA) is 138 Å². The van der Waals surface area contributed by atoms with Gasteiger partial charge in [-0.25, -0.2) is 16.8 Å². The zero-order valence-electron chi connectivity index (χ0n) is 24.1. The van der Waals surface area contributed by atoms with Crippen molar-refractivity contribution in [3.63, 3.8) is 0 Å². The molecule has 228 valence electrons. The summed E-state index contributed by atoms with van der Waals surface area (Å²) in [7, 11) is -6.66. The molecule has 0 bridgehead atoms. The zero-order valence-corrected chi connectivity index (χ0v) is 25.7. The van der Waals surface area contributed by atoms with E-state index in [1.54, 1.807) is 17.0 Å². The van der Waals surface area contributed by atoms with Crippen molar-refractivity contribution in [2.45, 2.75) is 42.0 Å². The van der Waals surface area contributed by atoms with E-state index in [-0.39, 0.29) is 52.2 Å².